The molecule has 31 heavy (non-hydrogen) atoms. The standard InChI is InChI=1S/C25H27Cl2N3O/c26-22-12-19(31-16-17-5-2-1-3-6-17)13-23(27)20(22)11-18-9-10-30(15-18)25-8-4-7-24-21(25)14-28-29-24/h1-3,5-6,12-14,18,25H,4,7-11,15-16H2,(H,28,29)/t18-,25?/m0/s1. The molecule has 162 valence electrons. The fourth-order valence-corrected chi connectivity index (χ4v) is 5.64. The monoisotopic (exact) mass is 455 g/mol. The number of aromatic nitrogens is 2. The summed E-state index contributed by atoms with van der Waals surface area (Å²) < 4.78 is 5.91. The van der Waals surface area contributed by atoms with Crippen LogP contribution in [0.25, 0.3) is 0 Å². The third-order valence-corrected chi connectivity index (χ3v) is 7.30. The molecule has 1 aromatic heterocycles. The molecule has 1 unspecified atom stereocenters. The van der Waals surface area contributed by atoms with Crippen LogP contribution in [-0.2, 0) is 19.4 Å². The predicted octanol–water partition coefficient (Wildman–Crippen LogP) is 6.24. The maximum Gasteiger partial charge on any atom is 0.122 e. The van der Waals surface area contributed by atoms with Crippen molar-refractivity contribution in [3.8, 4) is 5.75 Å². The van der Waals surface area contributed by atoms with Crippen LogP contribution in [-0.4, -0.2) is 28.2 Å². The number of rotatable bonds is 6. The molecule has 0 spiro atoms. The lowest BCUT2D eigenvalue weighted by Gasteiger charge is -2.31. The summed E-state index contributed by atoms with van der Waals surface area (Å²) in [5.74, 6) is 1.27. The summed E-state index contributed by atoms with van der Waals surface area (Å²) in [5.41, 5.74) is 4.86. The number of ether oxygens (including phenoxy) is 1. The van der Waals surface area contributed by atoms with Crippen LogP contribution < -0.4 is 4.74 Å². The Kier molecular flexibility index (Phi) is 6.22. The molecule has 0 amide bonds. The highest BCUT2D eigenvalue weighted by Crippen LogP contribution is 2.39. The third kappa shape index (κ3) is 4.62. The van der Waals surface area contributed by atoms with Crippen LogP contribution in [0.2, 0.25) is 10.0 Å². The Morgan fingerprint density at radius 2 is 1.90 bits per heavy atom. The fourth-order valence-electron chi connectivity index (χ4n) is 5.02. The van der Waals surface area contributed by atoms with E-state index >= 15 is 0 Å². The molecule has 4 nitrogen and oxygen atoms in total. The number of likely N-dealkylation sites (tertiary alicyclic amines) is 1. The summed E-state index contributed by atoms with van der Waals surface area (Å²) in [7, 11) is 0. The maximum absolute atomic E-state index is 6.64. The smallest absolute Gasteiger partial charge is 0.122 e. The maximum atomic E-state index is 6.64. The minimum absolute atomic E-state index is 0.493. The highest BCUT2D eigenvalue weighted by Gasteiger charge is 2.33. The Bertz CT molecular complexity index is 1010. The first kappa shape index (κ1) is 20.9. The van der Waals surface area contributed by atoms with Crippen molar-refractivity contribution in [1.82, 2.24) is 15.1 Å². The Labute approximate surface area is 193 Å². The quantitative estimate of drug-likeness (QED) is 0.478. The van der Waals surface area contributed by atoms with Crippen molar-refractivity contribution < 1.29 is 4.74 Å². The second-order valence-corrected chi connectivity index (χ2v) is 9.52. The lowest BCUT2D eigenvalue weighted by atomic mass is 9.92. The van der Waals surface area contributed by atoms with E-state index in [2.05, 4.69) is 15.1 Å². The van der Waals surface area contributed by atoms with Gasteiger partial charge in [-0.05, 0) is 67.8 Å². The zero-order valence-electron chi connectivity index (χ0n) is 17.5. The molecule has 3 aromatic rings. The van der Waals surface area contributed by atoms with Gasteiger partial charge in [-0.25, -0.2) is 0 Å². The van der Waals surface area contributed by atoms with Crippen LogP contribution >= 0.6 is 23.2 Å². The zero-order chi connectivity index (χ0) is 21.2. The molecule has 0 saturated carbocycles. The first-order valence-electron chi connectivity index (χ1n) is 11.1. The molecule has 1 N–H and O–H groups in total. The molecule has 6 heteroatoms. The van der Waals surface area contributed by atoms with Crippen LogP contribution in [0.3, 0.4) is 0 Å². The van der Waals surface area contributed by atoms with Crippen LogP contribution in [0.5, 0.6) is 5.75 Å². The second-order valence-electron chi connectivity index (χ2n) is 8.71. The van der Waals surface area contributed by atoms with Gasteiger partial charge in [-0.3, -0.25) is 10.00 Å². The van der Waals surface area contributed by atoms with Gasteiger partial charge in [-0.1, -0.05) is 53.5 Å². The molecular weight excluding hydrogens is 429 g/mol. The normalized spacial score (nSPS) is 21.2. The average molecular weight is 456 g/mol. The summed E-state index contributed by atoms with van der Waals surface area (Å²) in [6.45, 7) is 2.70. The second kappa shape index (κ2) is 9.23. The number of halogens is 2. The number of nitrogens with zero attached hydrogens (tertiary/aromatic N) is 2. The Balaban J connectivity index is 1.23. The summed E-state index contributed by atoms with van der Waals surface area (Å²) >= 11 is 13.3. The summed E-state index contributed by atoms with van der Waals surface area (Å²) in [6, 6.07) is 14.4. The molecule has 1 saturated heterocycles. The average Bonchev–Trinajstić information content (AvgIpc) is 3.45. The van der Waals surface area contributed by atoms with Crippen LogP contribution in [0.15, 0.2) is 48.7 Å². The molecule has 0 radical (unpaired) electrons. The van der Waals surface area contributed by atoms with Gasteiger partial charge in [0.2, 0.25) is 0 Å². The topological polar surface area (TPSA) is 41.1 Å². The minimum atomic E-state index is 0.493. The Hall–Kier alpha value is -2.01. The van der Waals surface area contributed by atoms with Gasteiger partial charge in [0.05, 0.1) is 6.20 Å². The van der Waals surface area contributed by atoms with Gasteiger partial charge in [-0.2, -0.15) is 5.10 Å². The summed E-state index contributed by atoms with van der Waals surface area (Å²) in [5, 5.41) is 8.86. The zero-order valence-corrected chi connectivity index (χ0v) is 19.0. The molecule has 2 aromatic carbocycles. The van der Waals surface area contributed by atoms with E-state index in [-0.39, 0.29) is 0 Å². The van der Waals surface area contributed by atoms with Gasteiger partial charge in [-0.15, -0.1) is 0 Å². The number of fused-ring (bicyclic) bond motifs is 1. The number of H-pyrrole nitrogens is 1. The molecule has 2 heterocycles. The van der Waals surface area contributed by atoms with E-state index in [9.17, 15) is 0 Å². The van der Waals surface area contributed by atoms with Gasteiger partial charge in [0.1, 0.15) is 12.4 Å². The number of aromatic amines is 1. The predicted molar refractivity (Wildman–Crippen MR) is 125 cm³/mol. The molecule has 1 fully saturated rings. The lowest BCUT2D eigenvalue weighted by Crippen LogP contribution is -2.29. The molecule has 1 aliphatic heterocycles. The Morgan fingerprint density at radius 1 is 1.10 bits per heavy atom. The van der Waals surface area contributed by atoms with Crippen molar-refractivity contribution in [2.24, 2.45) is 5.92 Å². The first-order chi connectivity index (χ1) is 15.2. The molecule has 0 bridgehead atoms. The van der Waals surface area contributed by atoms with E-state index in [1.54, 1.807) is 0 Å². The van der Waals surface area contributed by atoms with E-state index in [1.807, 2.05) is 48.7 Å². The van der Waals surface area contributed by atoms with Crippen molar-refractivity contribution in [2.75, 3.05) is 13.1 Å². The van der Waals surface area contributed by atoms with E-state index in [0.717, 1.165) is 37.1 Å². The summed E-state index contributed by atoms with van der Waals surface area (Å²) in [4.78, 5) is 2.62. The van der Waals surface area contributed by atoms with Gasteiger partial charge < -0.3 is 4.74 Å². The van der Waals surface area contributed by atoms with E-state index in [4.69, 9.17) is 27.9 Å². The van der Waals surface area contributed by atoms with Crippen molar-refractivity contribution in [3.63, 3.8) is 0 Å². The van der Waals surface area contributed by atoms with Gasteiger partial charge in [0, 0.05) is 33.9 Å². The van der Waals surface area contributed by atoms with Crippen LogP contribution in [0.1, 0.15) is 47.7 Å². The number of benzene rings is 2. The van der Waals surface area contributed by atoms with Crippen molar-refractivity contribution in [1.29, 1.82) is 0 Å². The number of nitrogens with one attached hydrogen (secondary N) is 1. The lowest BCUT2D eigenvalue weighted by molar-refractivity contribution is 0.213. The highest BCUT2D eigenvalue weighted by molar-refractivity contribution is 6.36. The highest BCUT2D eigenvalue weighted by atomic mass is 35.5. The number of hydrogen-bond acceptors (Lipinski definition) is 3. The van der Waals surface area contributed by atoms with Gasteiger partial charge >= 0.3 is 0 Å². The molecule has 2 aliphatic rings. The summed E-state index contributed by atoms with van der Waals surface area (Å²) in [6.07, 6.45) is 7.65. The first-order valence-corrected chi connectivity index (χ1v) is 11.8. The molecule has 5 rings (SSSR count). The molecule has 1 aliphatic carbocycles. The van der Waals surface area contributed by atoms with Crippen molar-refractivity contribution in [2.45, 2.75) is 44.8 Å². The van der Waals surface area contributed by atoms with E-state index in [1.165, 1.54) is 30.5 Å². The SMILES string of the molecule is Clc1cc(OCc2ccccc2)cc(Cl)c1C[C@@H]1CCN(C2CCCc3[nH]ncc32)C1. The minimum Gasteiger partial charge on any atom is -0.489 e. The van der Waals surface area contributed by atoms with Gasteiger partial charge in [0.25, 0.3) is 0 Å². The molecule has 2 atom stereocenters. The largest absolute Gasteiger partial charge is 0.489 e. The molecular formula is C25H27Cl2N3O. The van der Waals surface area contributed by atoms with Crippen LogP contribution in [0.4, 0.5) is 0 Å². The number of hydrogen-bond donors (Lipinski definition) is 1. The third-order valence-electron chi connectivity index (χ3n) is 6.63. The van der Waals surface area contributed by atoms with Crippen LogP contribution in [0, 0.1) is 5.92 Å². The van der Waals surface area contributed by atoms with E-state index in [0.29, 0.717) is 34.4 Å². The van der Waals surface area contributed by atoms with Crippen molar-refractivity contribution >= 4 is 23.2 Å². The Morgan fingerprint density at radius 3 is 2.71 bits per heavy atom. The number of aryl methyl sites for hydroxylation is 1. The fraction of sp³-hybridized carbons (Fsp3) is 0.400. The van der Waals surface area contributed by atoms with E-state index < -0.39 is 0 Å². The van der Waals surface area contributed by atoms with Gasteiger partial charge in [0.15, 0.2) is 0 Å². The van der Waals surface area contributed by atoms with Crippen molar-refractivity contribution in [3.05, 3.63) is 81.1 Å².